The van der Waals surface area contributed by atoms with E-state index in [-0.39, 0.29) is 11.6 Å². The molecule has 0 saturated heterocycles. The number of hydrazone groups is 1. The Bertz CT molecular complexity index is 210. The van der Waals surface area contributed by atoms with Crippen molar-refractivity contribution in [1.82, 2.24) is 10.1 Å². The first-order valence-electron chi connectivity index (χ1n) is 5.21. The van der Waals surface area contributed by atoms with Gasteiger partial charge in [-0.2, -0.15) is 10.2 Å². The SMILES string of the molecule is CCCCN1N=CN(F)C1C(C)(C)C. The van der Waals surface area contributed by atoms with E-state index >= 15 is 0 Å². The van der Waals surface area contributed by atoms with Gasteiger partial charge in [0.15, 0.2) is 6.17 Å². The monoisotopic (exact) mass is 201 g/mol. The highest BCUT2D eigenvalue weighted by atomic mass is 19.2. The number of halogens is 1. The highest BCUT2D eigenvalue weighted by Gasteiger charge is 2.37. The third-order valence-corrected chi connectivity index (χ3v) is 2.34. The van der Waals surface area contributed by atoms with Gasteiger partial charge in [0.05, 0.1) is 0 Å². The van der Waals surface area contributed by atoms with Crippen LogP contribution in [0.25, 0.3) is 0 Å². The molecule has 1 heterocycles. The normalized spacial score (nSPS) is 22.2. The van der Waals surface area contributed by atoms with E-state index in [1.54, 1.807) is 0 Å². The van der Waals surface area contributed by atoms with E-state index < -0.39 is 0 Å². The first-order chi connectivity index (χ1) is 6.46. The topological polar surface area (TPSA) is 18.8 Å². The largest absolute Gasteiger partial charge is 0.270 e. The predicted octanol–water partition coefficient (Wildman–Crippen LogP) is 2.60. The molecule has 0 saturated carbocycles. The molecule has 0 aromatic rings. The van der Waals surface area contributed by atoms with Crippen LogP contribution in [0.4, 0.5) is 4.48 Å². The van der Waals surface area contributed by atoms with Crippen molar-refractivity contribution < 1.29 is 4.48 Å². The molecule has 0 N–H and O–H groups in total. The Kier molecular flexibility index (Phi) is 3.34. The number of rotatable bonds is 3. The van der Waals surface area contributed by atoms with Gasteiger partial charge < -0.3 is 0 Å². The summed E-state index contributed by atoms with van der Waals surface area (Å²) in [4.78, 5) is 0. The van der Waals surface area contributed by atoms with Crippen LogP contribution < -0.4 is 0 Å². The van der Waals surface area contributed by atoms with Crippen molar-refractivity contribution in [3.63, 3.8) is 0 Å². The van der Waals surface area contributed by atoms with Crippen molar-refractivity contribution in [2.45, 2.75) is 46.7 Å². The summed E-state index contributed by atoms with van der Waals surface area (Å²) in [5.41, 5.74) is -0.126. The van der Waals surface area contributed by atoms with Crippen molar-refractivity contribution >= 4 is 6.34 Å². The lowest BCUT2D eigenvalue weighted by Crippen LogP contribution is -2.45. The highest BCUT2D eigenvalue weighted by Crippen LogP contribution is 2.30. The second-order valence-corrected chi connectivity index (χ2v) is 4.83. The summed E-state index contributed by atoms with van der Waals surface area (Å²) in [5, 5.41) is 6.60. The standard InChI is InChI=1S/C10H20FN3/c1-5-6-7-14-9(10(2,3)4)13(11)8-12-14/h8-9H,5-7H2,1-4H3. The zero-order chi connectivity index (χ0) is 10.8. The quantitative estimate of drug-likeness (QED) is 0.654. The van der Waals surface area contributed by atoms with Crippen LogP contribution in [0.15, 0.2) is 5.10 Å². The fraction of sp³-hybridized carbons (Fsp3) is 0.900. The fourth-order valence-electron chi connectivity index (χ4n) is 1.69. The lowest BCUT2D eigenvalue weighted by atomic mass is 9.92. The second-order valence-electron chi connectivity index (χ2n) is 4.83. The highest BCUT2D eigenvalue weighted by molar-refractivity contribution is 5.55. The molecule has 3 nitrogen and oxygen atoms in total. The third kappa shape index (κ3) is 2.36. The number of hydrogen-bond acceptors (Lipinski definition) is 3. The van der Waals surface area contributed by atoms with Crippen LogP contribution in [0.1, 0.15) is 40.5 Å². The van der Waals surface area contributed by atoms with E-state index in [2.05, 4.69) is 12.0 Å². The Hall–Kier alpha value is -0.800. The Balaban J connectivity index is 2.62. The van der Waals surface area contributed by atoms with Crippen LogP contribution in [0.3, 0.4) is 0 Å². The lowest BCUT2D eigenvalue weighted by molar-refractivity contribution is -0.0558. The van der Waals surface area contributed by atoms with Gasteiger partial charge in [0.25, 0.3) is 0 Å². The molecule has 1 aliphatic heterocycles. The summed E-state index contributed by atoms with van der Waals surface area (Å²) in [7, 11) is 0. The van der Waals surface area contributed by atoms with Crippen LogP contribution in [-0.4, -0.2) is 29.2 Å². The molecular weight excluding hydrogens is 181 g/mol. The number of hydrogen-bond donors (Lipinski definition) is 0. The van der Waals surface area contributed by atoms with E-state index in [4.69, 9.17) is 0 Å². The molecule has 1 aliphatic rings. The van der Waals surface area contributed by atoms with Gasteiger partial charge in [-0.3, -0.25) is 5.01 Å². The molecule has 1 atom stereocenters. The van der Waals surface area contributed by atoms with Crippen molar-refractivity contribution in [1.29, 1.82) is 0 Å². The Morgan fingerprint density at radius 2 is 2.07 bits per heavy atom. The van der Waals surface area contributed by atoms with Gasteiger partial charge in [0, 0.05) is 12.0 Å². The summed E-state index contributed by atoms with van der Waals surface area (Å²) >= 11 is 0. The van der Waals surface area contributed by atoms with Gasteiger partial charge in [-0.1, -0.05) is 38.6 Å². The van der Waals surface area contributed by atoms with E-state index in [1.165, 1.54) is 6.34 Å². The minimum absolute atomic E-state index is 0.126. The molecule has 14 heavy (non-hydrogen) atoms. The number of nitrogens with zero attached hydrogens (tertiary/aromatic N) is 3. The maximum absolute atomic E-state index is 13.4. The molecular formula is C10H20FN3. The van der Waals surface area contributed by atoms with Gasteiger partial charge in [0.1, 0.15) is 6.34 Å². The van der Waals surface area contributed by atoms with Gasteiger partial charge in [-0.05, 0) is 6.42 Å². The summed E-state index contributed by atoms with van der Waals surface area (Å²) < 4.78 is 13.4. The van der Waals surface area contributed by atoms with Gasteiger partial charge >= 0.3 is 0 Å². The van der Waals surface area contributed by atoms with E-state index in [9.17, 15) is 4.48 Å². The molecule has 4 heteroatoms. The van der Waals surface area contributed by atoms with E-state index in [0.717, 1.165) is 19.4 Å². The molecule has 0 amide bonds. The Labute approximate surface area is 85.5 Å². The number of unbranched alkanes of at least 4 members (excludes halogenated alkanes) is 1. The molecule has 0 aromatic heterocycles. The zero-order valence-electron chi connectivity index (χ0n) is 9.50. The summed E-state index contributed by atoms with van der Waals surface area (Å²) in [5.74, 6) is 0. The van der Waals surface area contributed by atoms with Crippen LogP contribution in [-0.2, 0) is 0 Å². The lowest BCUT2D eigenvalue weighted by Gasteiger charge is -2.35. The minimum Gasteiger partial charge on any atom is -0.270 e. The summed E-state index contributed by atoms with van der Waals surface area (Å²) in [6.07, 6.45) is 3.17. The molecule has 0 aliphatic carbocycles. The van der Waals surface area contributed by atoms with Crippen LogP contribution >= 0.6 is 0 Å². The molecule has 1 unspecified atom stereocenters. The average molecular weight is 201 g/mol. The summed E-state index contributed by atoms with van der Waals surface area (Å²) in [6.45, 7) is 9.03. The fourth-order valence-corrected chi connectivity index (χ4v) is 1.69. The first-order valence-corrected chi connectivity index (χ1v) is 5.21. The Morgan fingerprint density at radius 1 is 1.43 bits per heavy atom. The van der Waals surface area contributed by atoms with E-state index in [1.807, 2.05) is 25.8 Å². The van der Waals surface area contributed by atoms with Gasteiger partial charge in [-0.15, -0.1) is 0 Å². The molecule has 0 aromatic carbocycles. The zero-order valence-corrected chi connectivity index (χ0v) is 9.50. The van der Waals surface area contributed by atoms with E-state index in [0.29, 0.717) is 5.12 Å². The molecule has 1 rings (SSSR count). The Morgan fingerprint density at radius 3 is 2.57 bits per heavy atom. The van der Waals surface area contributed by atoms with Crippen LogP contribution in [0.2, 0.25) is 0 Å². The third-order valence-electron chi connectivity index (χ3n) is 2.34. The minimum atomic E-state index is -0.256. The van der Waals surface area contributed by atoms with Gasteiger partial charge in [0.2, 0.25) is 0 Å². The average Bonchev–Trinajstić information content (AvgIpc) is 2.42. The second kappa shape index (κ2) is 4.15. The van der Waals surface area contributed by atoms with Crippen molar-refractivity contribution in [2.75, 3.05) is 6.54 Å². The maximum Gasteiger partial charge on any atom is 0.154 e. The molecule has 0 bridgehead atoms. The molecule has 0 spiro atoms. The molecule has 0 fully saturated rings. The summed E-state index contributed by atoms with van der Waals surface area (Å²) in [6, 6.07) is 0. The van der Waals surface area contributed by atoms with Crippen LogP contribution in [0, 0.1) is 5.41 Å². The molecule has 0 radical (unpaired) electrons. The smallest absolute Gasteiger partial charge is 0.154 e. The maximum atomic E-state index is 13.4. The molecule has 82 valence electrons. The predicted molar refractivity (Wildman–Crippen MR) is 56.3 cm³/mol. The first kappa shape index (κ1) is 11.3. The van der Waals surface area contributed by atoms with Crippen molar-refractivity contribution in [2.24, 2.45) is 10.5 Å². The van der Waals surface area contributed by atoms with Crippen molar-refractivity contribution in [3.05, 3.63) is 0 Å². The van der Waals surface area contributed by atoms with Crippen molar-refractivity contribution in [3.8, 4) is 0 Å². The van der Waals surface area contributed by atoms with Crippen LogP contribution in [0.5, 0.6) is 0 Å². The van der Waals surface area contributed by atoms with Gasteiger partial charge in [-0.25, -0.2) is 0 Å².